The van der Waals surface area contributed by atoms with Crippen molar-refractivity contribution in [3.63, 3.8) is 0 Å². The van der Waals surface area contributed by atoms with Gasteiger partial charge in [0.15, 0.2) is 0 Å². The fourth-order valence-corrected chi connectivity index (χ4v) is 3.40. The number of nitrogens with one attached hydrogen (secondary N) is 2. The number of piperidine rings is 1. The van der Waals surface area contributed by atoms with E-state index in [2.05, 4.69) is 10.6 Å². The lowest BCUT2D eigenvalue weighted by Crippen LogP contribution is -2.42. The summed E-state index contributed by atoms with van der Waals surface area (Å²) >= 11 is 0. The van der Waals surface area contributed by atoms with Gasteiger partial charge >= 0.3 is 0 Å². The van der Waals surface area contributed by atoms with Crippen molar-refractivity contribution in [1.82, 2.24) is 4.90 Å². The van der Waals surface area contributed by atoms with Gasteiger partial charge in [-0.3, -0.25) is 14.4 Å². The highest BCUT2D eigenvalue weighted by Gasteiger charge is 2.27. The molecule has 0 aromatic heterocycles. The molecule has 1 aliphatic heterocycles. The van der Waals surface area contributed by atoms with Crippen LogP contribution in [-0.2, 0) is 20.8 Å². The third-order valence-electron chi connectivity index (χ3n) is 4.94. The second-order valence-corrected chi connectivity index (χ2v) is 7.21. The summed E-state index contributed by atoms with van der Waals surface area (Å²) in [5.41, 5.74) is 2.02. The molecule has 1 fully saturated rings. The number of carbonyl (C=O) groups excluding carboxylic acids is 3. The Balaban J connectivity index is 1.49. The number of hydrogen-bond acceptors (Lipinski definition) is 3. The Morgan fingerprint density at radius 1 is 1.00 bits per heavy atom. The van der Waals surface area contributed by atoms with Gasteiger partial charge in [0.05, 0.1) is 6.42 Å². The maximum absolute atomic E-state index is 13.0. The van der Waals surface area contributed by atoms with Crippen molar-refractivity contribution >= 4 is 29.1 Å². The van der Waals surface area contributed by atoms with Crippen LogP contribution in [0.2, 0.25) is 0 Å². The van der Waals surface area contributed by atoms with Crippen LogP contribution < -0.4 is 10.6 Å². The van der Waals surface area contributed by atoms with Crippen molar-refractivity contribution in [3.05, 3.63) is 59.9 Å². The van der Waals surface area contributed by atoms with Gasteiger partial charge < -0.3 is 15.5 Å². The molecule has 0 spiro atoms. The minimum Gasteiger partial charge on any atom is -0.342 e. The summed E-state index contributed by atoms with van der Waals surface area (Å²) in [5.74, 6) is -0.773. The normalized spacial score (nSPS) is 14.3. The Hall–Kier alpha value is -3.22. The summed E-state index contributed by atoms with van der Waals surface area (Å²) in [6.07, 6.45) is 1.41. The summed E-state index contributed by atoms with van der Waals surface area (Å²) in [7, 11) is 0. The fraction of sp³-hybridized carbons (Fsp3) is 0.318. The SMILES string of the molecule is CC(=O)Nc1cccc(NC(=O)C2CCN(C(=O)Cc3ccc(F)cc3)CC2)c1. The van der Waals surface area contributed by atoms with Crippen LogP contribution in [0.15, 0.2) is 48.5 Å². The lowest BCUT2D eigenvalue weighted by molar-refractivity contribution is -0.133. The molecular weight excluding hydrogens is 373 g/mol. The molecule has 7 heteroatoms. The van der Waals surface area contributed by atoms with E-state index >= 15 is 0 Å². The summed E-state index contributed by atoms with van der Waals surface area (Å²) in [4.78, 5) is 37.9. The van der Waals surface area contributed by atoms with Crippen LogP contribution in [0.4, 0.5) is 15.8 Å². The van der Waals surface area contributed by atoms with Crippen molar-refractivity contribution < 1.29 is 18.8 Å². The first-order chi connectivity index (χ1) is 13.9. The lowest BCUT2D eigenvalue weighted by Gasteiger charge is -2.31. The van der Waals surface area contributed by atoms with Gasteiger partial charge in [-0.1, -0.05) is 18.2 Å². The van der Waals surface area contributed by atoms with Gasteiger partial charge in [0, 0.05) is 37.3 Å². The second-order valence-electron chi connectivity index (χ2n) is 7.21. The average molecular weight is 397 g/mol. The topological polar surface area (TPSA) is 78.5 Å². The number of amides is 3. The molecule has 2 aromatic rings. The fourth-order valence-electron chi connectivity index (χ4n) is 3.40. The third kappa shape index (κ3) is 5.88. The molecule has 0 atom stereocenters. The van der Waals surface area contributed by atoms with E-state index in [4.69, 9.17) is 0 Å². The molecule has 152 valence electrons. The second kappa shape index (κ2) is 9.32. The molecule has 2 aromatic carbocycles. The third-order valence-corrected chi connectivity index (χ3v) is 4.94. The number of halogens is 1. The zero-order chi connectivity index (χ0) is 20.8. The van der Waals surface area contributed by atoms with Crippen LogP contribution in [0.3, 0.4) is 0 Å². The van der Waals surface area contributed by atoms with Gasteiger partial charge in [-0.15, -0.1) is 0 Å². The van der Waals surface area contributed by atoms with Crippen LogP contribution in [-0.4, -0.2) is 35.7 Å². The van der Waals surface area contributed by atoms with Gasteiger partial charge in [0.25, 0.3) is 0 Å². The molecule has 1 aliphatic rings. The lowest BCUT2D eigenvalue weighted by atomic mass is 9.95. The molecule has 0 unspecified atom stereocenters. The quantitative estimate of drug-likeness (QED) is 0.813. The van der Waals surface area contributed by atoms with Crippen molar-refractivity contribution in [1.29, 1.82) is 0 Å². The summed E-state index contributed by atoms with van der Waals surface area (Å²) in [6.45, 7) is 2.46. The maximum atomic E-state index is 13.0. The molecule has 1 saturated heterocycles. The van der Waals surface area contributed by atoms with E-state index in [0.29, 0.717) is 37.3 Å². The van der Waals surface area contributed by atoms with Crippen molar-refractivity contribution in [2.24, 2.45) is 5.92 Å². The van der Waals surface area contributed by atoms with E-state index in [1.165, 1.54) is 19.1 Å². The minimum atomic E-state index is -0.323. The van der Waals surface area contributed by atoms with Gasteiger partial charge in [-0.05, 0) is 48.7 Å². The largest absolute Gasteiger partial charge is 0.342 e. The zero-order valence-corrected chi connectivity index (χ0v) is 16.3. The Morgan fingerprint density at radius 2 is 1.62 bits per heavy atom. The van der Waals surface area contributed by atoms with Gasteiger partial charge in [-0.25, -0.2) is 4.39 Å². The summed E-state index contributed by atoms with van der Waals surface area (Å²) in [5, 5.41) is 5.57. The zero-order valence-electron chi connectivity index (χ0n) is 16.3. The molecule has 0 aliphatic carbocycles. The standard InChI is InChI=1S/C22H24FN3O3/c1-15(27)24-19-3-2-4-20(14-19)25-22(29)17-9-11-26(12-10-17)21(28)13-16-5-7-18(23)8-6-16/h2-8,14,17H,9-13H2,1H3,(H,24,27)(H,25,29). The van der Waals surface area contributed by atoms with E-state index in [1.807, 2.05) is 0 Å². The average Bonchev–Trinajstić information content (AvgIpc) is 2.69. The molecular formula is C22H24FN3O3. The summed E-state index contributed by atoms with van der Waals surface area (Å²) in [6, 6.07) is 12.9. The predicted molar refractivity (Wildman–Crippen MR) is 109 cm³/mol. The first kappa shape index (κ1) is 20.5. The Bertz CT molecular complexity index is 890. The van der Waals surface area contributed by atoms with E-state index in [1.54, 1.807) is 41.3 Å². The number of nitrogens with zero attached hydrogens (tertiary/aromatic N) is 1. The van der Waals surface area contributed by atoms with Crippen molar-refractivity contribution in [3.8, 4) is 0 Å². The van der Waals surface area contributed by atoms with Crippen LogP contribution in [0.1, 0.15) is 25.3 Å². The van der Waals surface area contributed by atoms with Gasteiger partial charge in [0.2, 0.25) is 17.7 Å². The molecule has 1 heterocycles. The highest BCUT2D eigenvalue weighted by Crippen LogP contribution is 2.22. The Morgan fingerprint density at radius 3 is 2.24 bits per heavy atom. The van der Waals surface area contributed by atoms with Crippen LogP contribution >= 0.6 is 0 Å². The molecule has 0 saturated carbocycles. The summed E-state index contributed by atoms with van der Waals surface area (Å²) < 4.78 is 13.0. The van der Waals surface area contributed by atoms with Crippen LogP contribution in [0.25, 0.3) is 0 Å². The van der Waals surface area contributed by atoms with E-state index < -0.39 is 0 Å². The molecule has 2 N–H and O–H groups in total. The van der Waals surface area contributed by atoms with Crippen LogP contribution in [0, 0.1) is 11.7 Å². The first-order valence-corrected chi connectivity index (χ1v) is 9.61. The Kier molecular flexibility index (Phi) is 6.59. The highest BCUT2D eigenvalue weighted by molar-refractivity contribution is 5.94. The monoisotopic (exact) mass is 397 g/mol. The minimum absolute atomic E-state index is 0.0153. The maximum Gasteiger partial charge on any atom is 0.227 e. The van der Waals surface area contributed by atoms with Gasteiger partial charge in [0.1, 0.15) is 5.82 Å². The van der Waals surface area contributed by atoms with E-state index in [-0.39, 0.29) is 35.9 Å². The molecule has 29 heavy (non-hydrogen) atoms. The van der Waals surface area contributed by atoms with Gasteiger partial charge in [-0.2, -0.15) is 0 Å². The molecule has 0 bridgehead atoms. The number of carbonyl (C=O) groups is 3. The molecule has 3 amide bonds. The first-order valence-electron chi connectivity index (χ1n) is 9.61. The number of hydrogen-bond donors (Lipinski definition) is 2. The molecule has 6 nitrogen and oxygen atoms in total. The number of anilines is 2. The van der Waals surface area contributed by atoms with E-state index in [9.17, 15) is 18.8 Å². The molecule has 0 radical (unpaired) electrons. The predicted octanol–water partition coefficient (Wildman–Crippen LogP) is 3.20. The van der Waals surface area contributed by atoms with Crippen molar-refractivity contribution in [2.45, 2.75) is 26.2 Å². The van der Waals surface area contributed by atoms with E-state index in [0.717, 1.165) is 5.56 Å². The highest BCUT2D eigenvalue weighted by atomic mass is 19.1. The van der Waals surface area contributed by atoms with Crippen molar-refractivity contribution in [2.75, 3.05) is 23.7 Å². The smallest absolute Gasteiger partial charge is 0.227 e. The molecule has 3 rings (SSSR count). The number of likely N-dealkylation sites (tertiary alicyclic amines) is 1. The number of benzene rings is 2. The number of rotatable bonds is 5. The van der Waals surface area contributed by atoms with Crippen LogP contribution in [0.5, 0.6) is 0 Å². The Labute approximate surface area is 169 Å².